The number of hydrogen-bond donors (Lipinski definition) is 4. The van der Waals surface area contributed by atoms with E-state index in [-0.39, 0.29) is 41.2 Å². The largest absolute Gasteiger partial charge is 0.354 e. The molecule has 2 fully saturated rings. The molecule has 0 radical (unpaired) electrons. The monoisotopic (exact) mass is 494 g/mol. The predicted molar refractivity (Wildman–Crippen MR) is 126 cm³/mol. The number of aromatic nitrogens is 4. The Bertz CT molecular complexity index is 816. The van der Waals surface area contributed by atoms with Crippen LogP contribution in [0.2, 0.25) is 0 Å². The summed E-state index contributed by atoms with van der Waals surface area (Å²) in [6, 6.07) is -0.557. The predicted octanol–water partition coefficient (Wildman–Crippen LogP) is -0.462. The highest BCUT2D eigenvalue weighted by Gasteiger charge is 2.25. The van der Waals surface area contributed by atoms with Crippen molar-refractivity contribution < 1.29 is 19.2 Å². The summed E-state index contributed by atoms with van der Waals surface area (Å²) in [6.45, 7) is 1.65. The highest BCUT2D eigenvalue weighted by atomic mass is 32.2. The number of nitrogens with one attached hydrogen (secondary N) is 4. The Morgan fingerprint density at radius 3 is 2.65 bits per heavy atom. The van der Waals surface area contributed by atoms with Crippen molar-refractivity contribution in [2.45, 2.75) is 69.9 Å². The van der Waals surface area contributed by atoms with Crippen molar-refractivity contribution >= 4 is 35.4 Å². The minimum absolute atomic E-state index is 0.0629. The van der Waals surface area contributed by atoms with Gasteiger partial charge in [0.05, 0.1) is 11.5 Å². The quantitative estimate of drug-likeness (QED) is 0.286. The van der Waals surface area contributed by atoms with E-state index in [1.165, 1.54) is 11.8 Å². The SMILES string of the molecule is O=C(CSCC(=O)N[C@@H](CCc1nn[nH]n1)C(=O)NC1CCCC1)NCCN1CCCCC1=O. The van der Waals surface area contributed by atoms with Crippen molar-refractivity contribution in [2.75, 3.05) is 31.1 Å². The molecular weight excluding hydrogens is 460 g/mol. The number of aromatic amines is 1. The van der Waals surface area contributed by atoms with Crippen LogP contribution in [0.3, 0.4) is 0 Å². The van der Waals surface area contributed by atoms with Gasteiger partial charge in [-0.05, 0) is 32.1 Å². The second-order valence-electron chi connectivity index (χ2n) is 8.66. The van der Waals surface area contributed by atoms with Crippen LogP contribution in [0.1, 0.15) is 57.2 Å². The molecule has 1 aromatic rings. The van der Waals surface area contributed by atoms with Crippen molar-refractivity contribution in [1.29, 1.82) is 0 Å². The summed E-state index contributed by atoms with van der Waals surface area (Å²) in [7, 11) is 0. The number of hydrogen-bond acceptors (Lipinski definition) is 8. The van der Waals surface area contributed by atoms with Gasteiger partial charge in [0.15, 0.2) is 5.82 Å². The van der Waals surface area contributed by atoms with Crippen molar-refractivity contribution in [1.82, 2.24) is 41.5 Å². The summed E-state index contributed by atoms with van der Waals surface area (Å²) >= 11 is 1.18. The molecule has 1 aromatic heterocycles. The molecular formula is C21H34N8O4S. The minimum Gasteiger partial charge on any atom is -0.354 e. The standard InChI is InChI=1S/C21H34N8O4S/c30-18(22-10-12-29-11-4-3-7-20(29)32)13-34-14-19(31)24-16(8-9-17-25-27-28-26-17)21(33)23-15-5-1-2-6-15/h15-16H,1-14H2,(H,22,30)(H,23,33)(H,24,31)(H,25,26,27,28)/t16-/m0/s1. The van der Waals surface area contributed by atoms with E-state index in [1.54, 1.807) is 4.90 Å². The molecule has 4 amide bonds. The molecule has 0 bridgehead atoms. The molecule has 3 rings (SSSR count). The van der Waals surface area contributed by atoms with Crippen molar-refractivity contribution in [3.8, 4) is 0 Å². The number of tetrazole rings is 1. The van der Waals surface area contributed by atoms with Gasteiger partial charge in [-0.15, -0.1) is 22.0 Å². The highest BCUT2D eigenvalue weighted by molar-refractivity contribution is 8.00. The normalized spacial score (nSPS) is 17.4. The summed E-state index contributed by atoms with van der Waals surface area (Å²) in [6.07, 6.45) is 7.35. The fraction of sp³-hybridized carbons (Fsp3) is 0.762. The molecule has 12 nitrogen and oxygen atoms in total. The number of H-pyrrole nitrogens is 1. The molecule has 1 aliphatic carbocycles. The number of likely N-dealkylation sites (tertiary alicyclic amines) is 1. The van der Waals surface area contributed by atoms with E-state index in [4.69, 9.17) is 0 Å². The van der Waals surface area contributed by atoms with E-state index in [1.807, 2.05) is 0 Å². The molecule has 1 saturated heterocycles. The first kappa shape index (κ1) is 25.9. The lowest BCUT2D eigenvalue weighted by atomic mass is 10.1. The summed E-state index contributed by atoms with van der Waals surface area (Å²) in [5.41, 5.74) is 0. The zero-order chi connectivity index (χ0) is 24.2. The molecule has 34 heavy (non-hydrogen) atoms. The Labute approximate surface area is 203 Å². The van der Waals surface area contributed by atoms with Gasteiger partial charge in [-0.2, -0.15) is 5.21 Å². The average Bonchev–Trinajstić information content (AvgIpc) is 3.52. The smallest absolute Gasteiger partial charge is 0.242 e. The first-order valence-electron chi connectivity index (χ1n) is 12.0. The van der Waals surface area contributed by atoms with Crippen LogP contribution in [0.5, 0.6) is 0 Å². The van der Waals surface area contributed by atoms with Crippen LogP contribution < -0.4 is 16.0 Å². The molecule has 188 valence electrons. The Morgan fingerprint density at radius 1 is 1.12 bits per heavy atom. The first-order chi connectivity index (χ1) is 16.5. The summed E-state index contributed by atoms with van der Waals surface area (Å²) < 4.78 is 0. The van der Waals surface area contributed by atoms with Crippen LogP contribution >= 0.6 is 11.8 Å². The van der Waals surface area contributed by atoms with Crippen molar-refractivity contribution in [3.05, 3.63) is 5.82 Å². The van der Waals surface area contributed by atoms with Gasteiger partial charge in [-0.3, -0.25) is 19.2 Å². The molecule has 1 saturated carbocycles. The Morgan fingerprint density at radius 2 is 1.91 bits per heavy atom. The maximum atomic E-state index is 12.8. The van der Waals surface area contributed by atoms with Gasteiger partial charge in [0, 0.05) is 38.5 Å². The maximum absolute atomic E-state index is 12.8. The molecule has 0 spiro atoms. The van der Waals surface area contributed by atoms with E-state index >= 15 is 0 Å². The molecule has 2 heterocycles. The molecule has 2 aliphatic rings. The topological polar surface area (TPSA) is 162 Å². The van der Waals surface area contributed by atoms with Gasteiger partial charge in [-0.1, -0.05) is 18.1 Å². The highest BCUT2D eigenvalue weighted by Crippen LogP contribution is 2.18. The van der Waals surface area contributed by atoms with Crippen molar-refractivity contribution in [3.63, 3.8) is 0 Å². The van der Waals surface area contributed by atoms with E-state index in [9.17, 15) is 19.2 Å². The number of carbonyl (C=O) groups is 4. The summed E-state index contributed by atoms with van der Waals surface area (Å²) in [5.74, 6) is 0.101. The fourth-order valence-electron chi connectivity index (χ4n) is 4.15. The molecule has 4 N–H and O–H groups in total. The fourth-order valence-corrected chi connectivity index (χ4v) is 4.81. The second kappa shape index (κ2) is 13.9. The van der Waals surface area contributed by atoms with Gasteiger partial charge < -0.3 is 20.9 Å². The van der Waals surface area contributed by atoms with Gasteiger partial charge in [0.1, 0.15) is 6.04 Å². The van der Waals surface area contributed by atoms with Gasteiger partial charge in [0.25, 0.3) is 0 Å². The van der Waals surface area contributed by atoms with E-state index in [0.717, 1.165) is 45.1 Å². The number of piperidine rings is 1. The Balaban J connectivity index is 1.36. The lowest BCUT2D eigenvalue weighted by Gasteiger charge is -2.26. The molecule has 13 heteroatoms. The lowest BCUT2D eigenvalue weighted by molar-refractivity contribution is -0.133. The van der Waals surface area contributed by atoms with Crippen LogP contribution in [-0.2, 0) is 25.6 Å². The zero-order valence-electron chi connectivity index (χ0n) is 19.4. The number of nitrogens with zero attached hydrogens (tertiary/aromatic N) is 4. The van der Waals surface area contributed by atoms with Crippen LogP contribution in [0.25, 0.3) is 0 Å². The number of amides is 4. The first-order valence-corrected chi connectivity index (χ1v) is 13.1. The van der Waals surface area contributed by atoms with Gasteiger partial charge in [0.2, 0.25) is 23.6 Å². The van der Waals surface area contributed by atoms with Crippen LogP contribution in [-0.4, -0.2) is 92.4 Å². The van der Waals surface area contributed by atoms with Crippen molar-refractivity contribution in [2.24, 2.45) is 0 Å². The zero-order valence-corrected chi connectivity index (χ0v) is 20.2. The van der Waals surface area contributed by atoms with E-state index in [2.05, 4.69) is 36.6 Å². The second-order valence-corrected chi connectivity index (χ2v) is 9.64. The molecule has 1 aliphatic heterocycles. The van der Waals surface area contributed by atoms with Gasteiger partial charge >= 0.3 is 0 Å². The minimum atomic E-state index is -0.705. The summed E-state index contributed by atoms with van der Waals surface area (Å²) in [5, 5.41) is 22.3. The number of carbonyl (C=O) groups excluding carboxylic acids is 4. The van der Waals surface area contributed by atoms with E-state index < -0.39 is 6.04 Å². The lowest BCUT2D eigenvalue weighted by Crippen LogP contribution is -2.49. The number of aryl methyl sites for hydroxylation is 1. The molecule has 0 aromatic carbocycles. The van der Waals surface area contributed by atoms with Crippen LogP contribution in [0.4, 0.5) is 0 Å². The third kappa shape index (κ3) is 8.92. The van der Waals surface area contributed by atoms with Crippen LogP contribution in [0, 0.1) is 0 Å². The third-order valence-corrected chi connectivity index (χ3v) is 6.92. The van der Waals surface area contributed by atoms with Crippen LogP contribution in [0.15, 0.2) is 0 Å². The number of thioether (sulfide) groups is 1. The molecule has 0 unspecified atom stereocenters. The Kier molecular flexibility index (Phi) is 10.6. The average molecular weight is 495 g/mol. The molecule has 1 atom stereocenters. The summed E-state index contributed by atoms with van der Waals surface area (Å²) in [4.78, 5) is 50.8. The van der Waals surface area contributed by atoms with Gasteiger partial charge in [-0.25, -0.2) is 0 Å². The van der Waals surface area contributed by atoms with E-state index in [0.29, 0.717) is 38.2 Å². The third-order valence-electron chi connectivity index (χ3n) is 5.99. The Hall–Kier alpha value is -2.70. The maximum Gasteiger partial charge on any atom is 0.242 e. The number of rotatable bonds is 13.